The van der Waals surface area contributed by atoms with Crippen molar-refractivity contribution in [3.63, 3.8) is 0 Å². The fraction of sp³-hybridized carbons (Fsp3) is 0.222. The predicted molar refractivity (Wildman–Crippen MR) is 90.3 cm³/mol. The standard InChI is InChI=1S/C18H19N3O3/c1-13-11-21-9-5-8-16(18(21)20-13)24-12-17(22)19-10-14-6-3-4-7-15(14)23-2/h3-9,11H,10,12H2,1-2H3,(H,19,22). The molecule has 124 valence electrons. The zero-order valence-corrected chi connectivity index (χ0v) is 13.7. The molecule has 3 aromatic rings. The van der Waals surface area contributed by atoms with Crippen molar-refractivity contribution in [2.45, 2.75) is 13.5 Å². The lowest BCUT2D eigenvalue weighted by Gasteiger charge is -2.10. The molecule has 2 heterocycles. The van der Waals surface area contributed by atoms with Gasteiger partial charge in [-0.15, -0.1) is 0 Å². The van der Waals surface area contributed by atoms with Crippen LogP contribution in [-0.2, 0) is 11.3 Å². The summed E-state index contributed by atoms with van der Waals surface area (Å²) in [5.41, 5.74) is 2.51. The van der Waals surface area contributed by atoms with Gasteiger partial charge < -0.3 is 19.2 Å². The van der Waals surface area contributed by atoms with Gasteiger partial charge >= 0.3 is 0 Å². The number of hydrogen-bond donors (Lipinski definition) is 1. The van der Waals surface area contributed by atoms with Gasteiger partial charge in [0.1, 0.15) is 5.75 Å². The Bertz CT molecular complexity index is 858. The lowest BCUT2D eigenvalue weighted by molar-refractivity contribution is -0.123. The number of para-hydroxylation sites is 1. The van der Waals surface area contributed by atoms with Crippen molar-refractivity contribution < 1.29 is 14.3 Å². The second-order valence-electron chi connectivity index (χ2n) is 5.36. The Morgan fingerprint density at radius 3 is 2.83 bits per heavy atom. The van der Waals surface area contributed by atoms with Crippen molar-refractivity contribution >= 4 is 11.6 Å². The van der Waals surface area contributed by atoms with E-state index in [9.17, 15) is 4.79 Å². The molecule has 24 heavy (non-hydrogen) atoms. The van der Waals surface area contributed by atoms with Crippen LogP contribution in [0.4, 0.5) is 0 Å². The highest BCUT2D eigenvalue weighted by atomic mass is 16.5. The van der Waals surface area contributed by atoms with Crippen LogP contribution in [0.25, 0.3) is 5.65 Å². The molecule has 6 nitrogen and oxygen atoms in total. The molecular weight excluding hydrogens is 306 g/mol. The molecule has 1 amide bonds. The summed E-state index contributed by atoms with van der Waals surface area (Å²) in [7, 11) is 1.61. The highest BCUT2D eigenvalue weighted by Crippen LogP contribution is 2.19. The Kier molecular flexibility index (Phi) is 4.65. The number of aryl methyl sites for hydroxylation is 1. The number of hydrogen-bond acceptors (Lipinski definition) is 4. The molecule has 1 N–H and O–H groups in total. The Labute approximate surface area is 140 Å². The van der Waals surface area contributed by atoms with Gasteiger partial charge in [-0.25, -0.2) is 4.98 Å². The zero-order valence-electron chi connectivity index (χ0n) is 13.7. The fourth-order valence-electron chi connectivity index (χ4n) is 2.46. The first-order valence-electron chi connectivity index (χ1n) is 7.63. The Morgan fingerprint density at radius 2 is 2.00 bits per heavy atom. The molecule has 0 saturated carbocycles. The minimum absolute atomic E-state index is 0.0687. The maximum absolute atomic E-state index is 12.0. The fourth-order valence-corrected chi connectivity index (χ4v) is 2.46. The van der Waals surface area contributed by atoms with E-state index < -0.39 is 0 Å². The van der Waals surface area contributed by atoms with Gasteiger partial charge in [-0.3, -0.25) is 4.79 Å². The van der Waals surface area contributed by atoms with E-state index in [4.69, 9.17) is 9.47 Å². The molecule has 0 radical (unpaired) electrons. The molecule has 0 bridgehead atoms. The highest BCUT2D eigenvalue weighted by Gasteiger charge is 2.09. The first-order chi connectivity index (χ1) is 11.7. The first kappa shape index (κ1) is 15.9. The van der Waals surface area contributed by atoms with E-state index >= 15 is 0 Å². The lowest BCUT2D eigenvalue weighted by atomic mass is 10.2. The van der Waals surface area contributed by atoms with Gasteiger partial charge in [-0.05, 0) is 25.1 Å². The number of pyridine rings is 1. The van der Waals surface area contributed by atoms with Crippen LogP contribution in [0.1, 0.15) is 11.3 Å². The van der Waals surface area contributed by atoms with Gasteiger partial charge in [0.15, 0.2) is 18.0 Å². The molecule has 0 aliphatic carbocycles. The quantitative estimate of drug-likeness (QED) is 0.755. The van der Waals surface area contributed by atoms with Gasteiger partial charge in [-0.1, -0.05) is 18.2 Å². The van der Waals surface area contributed by atoms with Crippen molar-refractivity contribution in [3.8, 4) is 11.5 Å². The third-order valence-corrected chi connectivity index (χ3v) is 3.59. The molecule has 0 unspecified atom stereocenters. The number of rotatable bonds is 6. The van der Waals surface area contributed by atoms with Crippen LogP contribution >= 0.6 is 0 Å². The topological polar surface area (TPSA) is 64.9 Å². The third-order valence-electron chi connectivity index (χ3n) is 3.59. The number of ether oxygens (including phenoxy) is 2. The van der Waals surface area contributed by atoms with E-state index in [0.717, 1.165) is 17.0 Å². The van der Waals surface area contributed by atoms with Crippen molar-refractivity contribution in [2.75, 3.05) is 13.7 Å². The second kappa shape index (κ2) is 7.04. The molecule has 0 atom stereocenters. The summed E-state index contributed by atoms with van der Waals surface area (Å²) < 4.78 is 12.7. The number of fused-ring (bicyclic) bond motifs is 1. The van der Waals surface area contributed by atoms with Crippen molar-refractivity contribution in [3.05, 3.63) is 60.0 Å². The number of benzene rings is 1. The maximum Gasteiger partial charge on any atom is 0.258 e. The van der Waals surface area contributed by atoms with Gasteiger partial charge in [-0.2, -0.15) is 0 Å². The molecule has 0 saturated heterocycles. The average Bonchev–Trinajstić information content (AvgIpc) is 2.99. The second-order valence-corrected chi connectivity index (χ2v) is 5.36. The molecule has 0 spiro atoms. The van der Waals surface area contributed by atoms with Crippen molar-refractivity contribution in [2.24, 2.45) is 0 Å². The van der Waals surface area contributed by atoms with Crippen molar-refractivity contribution in [1.82, 2.24) is 14.7 Å². The van der Waals surface area contributed by atoms with Gasteiger partial charge in [0.05, 0.1) is 12.8 Å². The monoisotopic (exact) mass is 325 g/mol. The summed E-state index contributed by atoms with van der Waals surface area (Å²) in [6.07, 6.45) is 3.80. The third kappa shape index (κ3) is 3.48. The largest absolute Gasteiger partial charge is 0.496 e. The number of nitrogens with one attached hydrogen (secondary N) is 1. The number of carbonyl (C=O) groups is 1. The predicted octanol–water partition coefficient (Wildman–Crippen LogP) is 2.35. The summed E-state index contributed by atoms with van der Waals surface area (Å²) in [6, 6.07) is 11.2. The normalized spacial score (nSPS) is 10.6. The lowest BCUT2D eigenvalue weighted by Crippen LogP contribution is -2.28. The van der Waals surface area contributed by atoms with Crippen LogP contribution in [-0.4, -0.2) is 29.0 Å². The number of carbonyl (C=O) groups excluding carboxylic acids is 1. The number of nitrogens with zero attached hydrogens (tertiary/aromatic N) is 2. The smallest absolute Gasteiger partial charge is 0.258 e. The van der Waals surface area contributed by atoms with E-state index in [2.05, 4.69) is 10.3 Å². The van der Waals surface area contributed by atoms with Crippen LogP contribution in [0.15, 0.2) is 48.8 Å². The van der Waals surface area contributed by atoms with Gasteiger partial charge in [0.25, 0.3) is 5.91 Å². The molecule has 0 aliphatic heterocycles. The van der Waals surface area contributed by atoms with Crippen LogP contribution in [0.3, 0.4) is 0 Å². The molecule has 2 aromatic heterocycles. The van der Waals surface area contributed by atoms with Crippen LogP contribution in [0.5, 0.6) is 11.5 Å². The minimum Gasteiger partial charge on any atom is -0.496 e. The number of methoxy groups -OCH3 is 1. The van der Waals surface area contributed by atoms with Crippen LogP contribution in [0.2, 0.25) is 0 Å². The van der Waals surface area contributed by atoms with Gasteiger partial charge in [0, 0.05) is 24.5 Å². The number of imidazole rings is 1. The molecular formula is C18H19N3O3. The summed E-state index contributed by atoms with van der Waals surface area (Å²) in [6.45, 7) is 2.23. The van der Waals surface area contributed by atoms with E-state index in [-0.39, 0.29) is 12.5 Å². The summed E-state index contributed by atoms with van der Waals surface area (Å²) >= 11 is 0. The Morgan fingerprint density at radius 1 is 1.21 bits per heavy atom. The van der Waals surface area contributed by atoms with Crippen LogP contribution < -0.4 is 14.8 Å². The molecule has 0 aliphatic rings. The molecule has 0 fully saturated rings. The Balaban J connectivity index is 1.59. The summed E-state index contributed by atoms with van der Waals surface area (Å²) in [4.78, 5) is 16.4. The molecule has 3 rings (SSSR count). The SMILES string of the molecule is COc1ccccc1CNC(=O)COc1cccn2cc(C)nc12. The zero-order chi connectivity index (χ0) is 16.9. The van der Waals surface area contributed by atoms with Crippen LogP contribution in [0, 0.1) is 6.92 Å². The minimum atomic E-state index is -0.203. The average molecular weight is 325 g/mol. The molecule has 1 aromatic carbocycles. The first-order valence-corrected chi connectivity index (χ1v) is 7.63. The van der Waals surface area contributed by atoms with E-state index in [1.165, 1.54) is 0 Å². The summed E-state index contributed by atoms with van der Waals surface area (Å²) in [5.74, 6) is 1.13. The van der Waals surface area contributed by atoms with E-state index in [0.29, 0.717) is 17.9 Å². The summed E-state index contributed by atoms with van der Waals surface area (Å²) in [5, 5.41) is 2.83. The van der Waals surface area contributed by atoms with Gasteiger partial charge in [0.2, 0.25) is 0 Å². The Hall–Kier alpha value is -3.02. The van der Waals surface area contributed by atoms with E-state index in [1.807, 2.05) is 54.0 Å². The highest BCUT2D eigenvalue weighted by molar-refractivity contribution is 5.77. The number of aromatic nitrogens is 2. The molecule has 6 heteroatoms. The number of amides is 1. The van der Waals surface area contributed by atoms with Crippen molar-refractivity contribution in [1.29, 1.82) is 0 Å². The maximum atomic E-state index is 12.0. The van der Waals surface area contributed by atoms with E-state index in [1.54, 1.807) is 13.2 Å².